The zero-order valence-electron chi connectivity index (χ0n) is 19.0. The van der Waals surface area contributed by atoms with Crippen molar-refractivity contribution in [2.75, 3.05) is 37.4 Å². The molecule has 0 atom stereocenters. The minimum atomic E-state index is -3.67. The van der Waals surface area contributed by atoms with Crippen molar-refractivity contribution in [1.82, 2.24) is 4.31 Å². The van der Waals surface area contributed by atoms with E-state index in [0.29, 0.717) is 22.7 Å². The van der Waals surface area contributed by atoms with Crippen LogP contribution in [0, 0.1) is 0 Å². The van der Waals surface area contributed by atoms with Gasteiger partial charge in [-0.2, -0.15) is 0 Å². The number of benzene rings is 2. The predicted molar refractivity (Wildman–Crippen MR) is 126 cm³/mol. The van der Waals surface area contributed by atoms with Crippen molar-refractivity contribution in [3.05, 3.63) is 42.0 Å². The lowest BCUT2D eigenvalue weighted by atomic mass is 10.1. The number of rotatable bonds is 5. The second-order valence-electron chi connectivity index (χ2n) is 9.10. The highest BCUT2D eigenvalue weighted by Crippen LogP contribution is 2.47. The van der Waals surface area contributed by atoms with E-state index < -0.39 is 15.8 Å². The monoisotopic (exact) mass is 471 g/mol. The van der Waals surface area contributed by atoms with Crippen LogP contribution in [0.25, 0.3) is 0 Å². The molecule has 0 bridgehead atoms. The first-order chi connectivity index (χ1) is 15.8. The van der Waals surface area contributed by atoms with E-state index in [1.54, 1.807) is 24.3 Å². The van der Waals surface area contributed by atoms with Gasteiger partial charge in [-0.1, -0.05) is 0 Å². The molecule has 176 valence electrons. The Morgan fingerprint density at radius 3 is 2.36 bits per heavy atom. The second kappa shape index (κ2) is 8.22. The van der Waals surface area contributed by atoms with Crippen molar-refractivity contribution in [2.45, 2.75) is 49.2 Å². The Labute approximate surface area is 194 Å². The van der Waals surface area contributed by atoms with Crippen molar-refractivity contribution in [3.8, 4) is 11.5 Å². The third-order valence-corrected chi connectivity index (χ3v) is 8.41. The zero-order valence-corrected chi connectivity index (χ0v) is 19.8. The summed E-state index contributed by atoms with van der Waals surface area (Å²) in [7, 11) is -0.710. The third kappa shape index (κ3) is 4.04. The van der Waals surface area contributed by atoms with Crippen molar-refractivity contribution < 1.29 is 22.7 Å². The van der Waals surface area contributed by atoms with E-state index in [4.69, 9.17) is 9.47 Å². The zero-order chi connectivity index (χ0) is 23.2. The van der Waals surface area contributed by atoms with Gasteiger partial charge in [0.05, 0.1) is 10.5 Å². The minimum Gasteiger partial charge on any atom is -0.448 e. The smallest absolute Gasteiger partial charge is 0.257 e. The summed E-state index contributed by atoms with van der Waals surface area (Å²) in [6.45, 7) is 1.68. The van der Waals surface area contributed by atoms with E-state index >= 15 is 0 Å². The van der Waals surface area contributed by atoms with E-state index in [-0.39, 0.29) is 10.8 Å². The van der Waals surface area contributed by atoms with Crippen LogP contribution in [-0.4, -0.2) is 51.6 Å². The molecular formula is C24H29N3O5S. The maximum Gasteiger partial charge on any atom is 0.257 e. The van der Waals surface area contributed by atoms with E-state index in [9.17, 15) is 13.2 Å². The van der Waals surface area contributed by atoms with Gasteiger partial charge in [-0.25, -0.2) is 12.7 Å². The van der Waals surface area contributed by atoms with Gasteiger partial charge in [0, 0.05) is 57.5 Å². The van der Waals surface area contributed by atoms with Crippen molar-refractivity contribution in [3.63, 3.8) is 0 Å². The number of nitrogens with zero attached hydrogens (tertiary/aromatic N) is 2. The summed E-state index contributed by atoms with van der Waals surface area (Å²) in [4.78, 5) is 15.6. The Hall–Kier alpha value is -2.78. The molecule has 1 spiro atoms. The van der Waals surface area contributed by atoms with Gasteiger partial charge in [0.25, 0.3) is 11.7 Å². The molecule has 1 saturated heterocycles. The SMILES string of the molecule is CN(C)S(=O)(=O)c1ccc(N2CCCC2)c(C(=O)Nc2ccc3c(c2)OC2(CCCC2)O3)c1. The molecule has 2 aliphatic heterocycles. The Bertz CT molecular complexity index is 1180. The molecule has 33 heavy (non-hydrogen) atoms. The van der Waals surface area contributed by atoms with Crippen LogP contribution in [0.4, 0.5) is 11.4 Å². The van der Waals surface area contributed by atoms with Gasteiger partial charge in [0.1, 0.15) is 0 Å². The van der Waals surface area contributed by atoms with Crippen LogP contribution < -0.4 is 19.7 Å². The van der Waals surface area contributed by atoms with Gasteiger partial charge >= 0.3 is 0 Å². The van der Waals surface area contributed by atoms with Crippen LogP contribution in [0.5, 0.6) is 11.5 Å². The number of ether oxygens (including phenoxy) is 2. The highest BCUT2D eigenvalue weighted by atomic mass is 32.2. The first-order valence-corrected chi connectivity index (χ1v) is 12.9. The van der Waals surface area contributed by atoms with Crippen molar-refractivity contribution in [1.29, 1.82) is 0 Å². The summed E-state index contributed by atoms with van der Waals surface area (Å²) in [6, 6.07) is 10.1. The Kier molecular flexibility index (Phi) is 5.49. The fraction of sp³-hybridized carbons (Fsp3) is 0.458. The molecule has 0 radical (unpaired) electrons. The summed E-state index contributed by atoms with van der Waals surface area (Å²) < 4.78 is 38.7. The van der Waals surface area contributed by atoms with Gasteiger partial charge in [0.2, 0.25) is 10.0 Å². The fourth-order valence-corrected chi connectivity index (χ4v) is 5.72. The van der Waals surface area contributed by atoms with Crippen LogP contribution in [-0.2, 0) is 10.0 Å². The van der Waals surface area contributed by atoms with Crippen molar-refractivity contribution >= 4 is 27.3 Å². The molecule has 2 aromatic carbocycles. The number of carbonyl (C=O) groups excluding carboxylic acids is 1. The number of sulfonamides is 1. The van der Waals surface area contributed by atoms with Crippen molar-refractivity contribution in [2.24, 2.45) is 0 Å². The summed E-state index contributed by atoms with van der Waals surface area (Å²) in [6.07, 6.45) is 5.95. The van der Waals surface area contributed by atoms with Crippen LogP contribution in [0.1, 0.15) is 48.9 Å². The maximum atomic E-state index is 13.4. The molecule has 8 nitrogen and oxygen atoms in total. The number of anilines is 2. The lowest BCUT2D eigenvalue weighted by molar-refractivity contribution is -0.0716. The molecule has 1 amide bonds. The van der Waals surface area contributed by atoms with Crippen LogP contribution in [0.3, 0.4) is 0 Å². The fourth-order valence-electron chi connectivity index (χ4n) is 4.79. The molecule has 5 rings (SSSR count). The maximum absolute atomic E-state index is 13.4. The average Bonchev–Trinajstić information content (AvgIpc) is 3.54. The Morgan fingerprint density at radius 2 is 1.67 bits per heavy atom. The van der Waals surface area contributed by atoms with Crippen LogP contribution in [0.15, 0.2) is 41.3 Å². The largest absolute Gasteiger partial charge is 0.448 e. The Morgan fingerprint density at radius 1 is 0.970 bits per heavy atom. The predicted octanol–water partition coefficient (Wildman–Crippen LogP) is 3.83. The van der Waals surface area contributed by atoms with Crippen LogP contribution >= 0.6 is 0 Å². The number of hydrogen-bond acceptors (Lipinski definition) is 6. The van der Waals surface area contributed by atoms with E-state index in [1.807, 2.05) is 6.07 Å². The Balaban J connectivity index is 1.44. The quantitative estimate of drug-likeness (QED) is 0.713. The highest BCUT2D eigenvalue weighted by molar-refractivity contribution is 7.89. The number of nitrogens with one attached hydrogen (secondary N) is 1. The molecule has 9 heteroatoms. The summed E-state index contributed by atoms with van der Waals surface area (Å²) in [5, 5.41) is 2.93. The lowest BCUT2D eigenvalue weighted by Gasteiger charge is -2.22. The number of hydrogen-bond donors (Lipinski definition) is 1. The van der Waals surface area contributed by atoms with Gasteiger partial charge in [-0.05, 0) is 56.0 Å². The molecule has 1 saturated carbocycles. The topological polar surface area (TPSA) is 88.2 Å². The van der Waals surface area contributed by atoms with Gasteiger partial charge in [-0.3, -0.25) is 4.79 Å². The minimum absolute atomic E-state index is 0.0921. The standard InChI is InChI=1S/C24H29N3O5S/c1-26(2)33(29,30)18-8-9-20(27-13-5-6-14-27)19(16-18)23(28)25-17-7-10-21-22(15-17)32-24(31-21)11-3-4-12-24/h7-10,15-16H,3-6,11-14H2,1-2H3,(H,25,28). The molecule has 1 aliphatic carbocycles. The molecular weight excluding hydrogens is 442 g/mol. The number of amides is 1. The third-order valence-electron chi connectivity index (χ3n) is 6.60. The summed E-state index contributed by atoms with van der Waals surface area (Å²) in [5.41, 5.74) is 1.66. The van der Waals surface area contributed by atoms with E-state index in [0.717, 1.165) is 61.6 Å². The molecule has 2 heterocycles. The summed E-state index contributed by atoms with van der Waals surface area (Å²) >= 11 is 0. The van der Waals surface area contributed by atoms with Crippen LogP contribution in [0.2, 0.25) is 0 Å². The highest BCUT2D eigenvalue weighted by Gasteiger charge is 2.44. The van der Waals surface area contributed by atoms with Gasteiger partial charge in [0.15, 0.2) is 11.5 Å². The molecule has 2 aromatic rings. The number of carbonyl (C=O) groups is 1. The first kappa shape index (κ1) is 22.0. The second-order valence-corrected chi connectivity index (χ2v) is 11.2. The van der Waals surface area contributed by atoms with Gasteiger partial charge in [-0.15, -0.1) is 0 Å². The van der Waals surface area contributed by atoms with Gasteiger partial charge < -0.3 is 19.7 Å². The molecule has 0 aromatic heterocycles. The number of fused-ring (bicyclic) bond motifs is 1. The first-order valence-electron chi connectivity index (χ1n) is 11.4. The molecule has 0 unspecified atom stereocenters. The lowest BCUT2D eigenvalue weighted by Crippen LogP contribution is -2.34. The van der Waals surface area contributed by atoms with E-state index in [1.165, 1.54) is 20.2 Å². The molecule has 2 fully saturated rings. The average molecular weight is 472 g/mol. The molecule has 1 N–H and O–H groups in total. The normalized spacial score (nSPS) is 18.9. The summed E-state index contributed by atoms with van der Waals surface area (Å²) in [5.74, 6) is 0.384. The molecule has 3 aliphatic rings. The van der Waals surface area contributed by atoms with E-state index in [2.05, 4.69) is 10.2 Å².